The number of nitrogen functional groups attached to an aromatic ring is 1. The molecule has 0 aliphatic heterocycles. The molecule has 0 unspecified atom stereocenters. The summed E-state index contributed by atoms with van der Waals surface area (Å²) in [5.41, 5.74) is 6.64. The highest BCUT2D eigenvalue weighted by Gasteiger charge is 2.17. The highest BCUT2D eigenvalue weighted by Crippen LogP contribution is 2.28. The number of benzene rings is 1. The van der Waals surface area contributed by atoms with Crippen molar-refractivity contribution in [3.8, 4) is 0 Å². The molecule has 0 aromatic heterocycles. The number of carbonyl (C=O) groups excluding carboxylic acids is 1. The molecule has 1 aromatic carbocycles. The molecule has 1 fully saturated rings. The van der Waals surface area contributed by atoms with Crippen molar-refractivity contribution in [1.29, 1.82) is 0 Å². The van der Waals surface area contributed by atoms with E-state index in [2.05, 4.69) is 5.32 Å². The van der Waals surface area contributed by atoms with Gasteiger partial charge in [0.25, 0.3) is 5.91 Å². The van der Waals surface area contributed by atoms with Crippen LogP contribution >= 0.6 is 11.6 Å². The van der Waals surface area contributed by atoms with Gasteiger partial charge in [-0.15, -0.1) is 0 Å². The number of amides is 1. The van der Waals surface area contributed by atoms with E-state index in [0.29, 0.717) is 16.3 Å². The number of hydrogen-bond donors (Lipinski definition) is 2. The van der Waals surface area contributed by atoms with Crippen LogP contribution in [0.15, 0.2) is 18.2 Å². The smallest absolute Gasteiger partial charge is 0.252 e. The van der Waals surface area contributed by atoms with Crippen LogP contribution in [-0.4, -0.2) is 12.5 Å². The van der Waals surface area contributed by atoms with Crippen LogP contribution in [0.1, 0.15) is 36.0 Å². The van der Waals surface area contributed by atoms with Crippen molar-refractivity contribution in [2.45, 2.75) is 25.7 Å². The second-order valence-electron chi connectivity index (χ2n) is 4.58. The van der Waals surface area contributed by atoms with Gasteiger partial charge in [-0.2, -0.15) is 0 Å². The summed E-state index contributed by atoms with van der Waals surface area (Å²) in [6, 6.07) is 4.95. The number of carbonyl (C=O) groups is 1. The largest absolute Gasteiger partial charge is 0.399 e. The number of hydrogen-bond acceptors (Lipinski definition) is 2. The lowest BCUT2D eigenvalue weighted by atomic mass is 9.83. The summed E-state index contributed by atoms with van der Waals surface area (Å²) >= 11 is 5.96. The third kappa shape index (κ3) is 3.13. The second-order valence-corrected chi connectivity index (χ2v) is 4.99. The van der Waals surface area contributed by atoms with Gasteiger partial charge in [-0.25, -0.2) is 0 Å². The van der Waals surface area contributed by atoms with Crippen molar-refractivity contribution in [3.05, 3.63) is 28.8 Å². The molecule has 4 heteroatoms. The molecular formula is C13H17ClN2O. The number of nitrogens with two attached hydrogens (primary N) is 1. The quantitative estimate of drug-likeness (QED) is 0.810. The van der Waals surface area contributed by atoms with E-state index in [1.165, 1.54) is 19.3 Å². The highest BCUT2D eigenvalue weighted by atomic mass is 35.5. The zero-order chi connectivity index (χ0) is 12.3. The number of anilines is 1. The summed E-state index contributed by atoms with van der Waals surface area (Å²) in [7, 11) is 0. The fraction of sp³-hybridized carbons (Fsp3) is 0.462. The van der Waals surface area contributed by atoms with Gasteiger partial charge in [-0.3, -0.25) is 4.79 Å². The molecule has 1 saturated carbocycles. The molecule has 1 amide bonds. The molecule has 1 aliphatic rings. The summed E-state index contributed by atoms with van der Waals surface area (Å²) in [4.78, 5) is 11.8. The van der Waals surface area contributed by atoms with E-state index in [4.69, 9.17) is 17.3 Å². The molecular weight excluding hydrogens is 236 g/mol. The topological polar surface area (TPSA) is 55.1 Å². The van der Waals surface area contributed by atoms with Crippen molar-refractivity contribution in [2.24, 2.45) is 5.92 Å². The van der Waals surface area contributed by atoms with Crippen molar-refractivity contribution >= 4 is 23.2 Å². The first-order chi connectivity index (χ1) is 8.16. The molecule has 1 aliphatic carbocycles. The average molecular weight is 253 g/mol. The Kier molecular flexibility index (Phi) is 3.89. The second kappa shape index (κ2) is 5.41. The normalized spacial score (nSPS) is 15.4. The third-order valence-corrected chi connectivity index (χ3v) is 3.61. The van der Waals surface area contributed by atoms with E-state index >= 15 is 0 Å². The van der Waals surface area contributed by atoms with E-state index in [1.54, 1.807) is 18.2 Å². The molecule has 1 aromatic rings. The molecule has 2 rings (SSSR count). The fourth-order valence-corrected chi connectivity index (χ4v) is 2.26. The first-order valence-electron chi connectivity index (χ1n) is 6.00. The minimum absolute atomic E-state index is 0.116. The van der Waals surface area contributed by atoms with Crippen LogP contribution in [0.5, 0.6) is 0 Å². The molecule has 3 nitrogen and oxygen atoms in total. The van der Waals surface area contributed by atoms with Crippen molar-refractivity contribution in [2.75, 3.05) is 12.3 Å². The van der Waals surface area contributed by atoms with Gasteiger partial charge in [-0.1, -0.05) is 30.9 Å². The molecule has 0 radical (unpaired) electrons. The van der Waals surface area contributed by atoms with Crippen LogP contribution in [0.2, 0.25) is 5.02 Å². The van der Waals surface area contributed by atoms with Gasteiger partial charge in [0.15, 0.2) is 0 Å². The Morgan fingerprint density at radius 2 is 2.24 bits per heavy atom. The Bertz CT molecular complexity index is 416. The van der Waals surface area contributed by atoms with E-state index in [9.17, 15) is 4.79 Å². The number of halogens is 1. The average Bonchev–Trinajstić information content (AvgIpc) is 2.21. The molecule has 0 saturated heterocycles. The van der Waals surface area contributed by atoms with Crippen molar-refractivity contribution < 1.29 is 4.79 Å². The van der Waals surface area contributed by atoms with E-state index in [0.717, 1.165) is 18.9 Å². The third-order valence-electron chi connectivity index (χ3n) is 3.30. The molecule has 0 heterocycles. The van der Waals surface area contributed by atoms with E-state index in [1.807, 2.05) is 0 Å². The highest BCUT2D eigenvalue weighted by molar-refractivity contribution is 6.34. The maximum Gasteiger partial charge on any atom is 0.252 e. The summed E-state index contributed by atoms with van der Waals surface area (Å²) in [5, 5.41) is 3.30. The minimum Gasteiger partial charge on any atom is -0.399 e. The van der Waals surface area contributed by atoms with Crippen LogP contribution in [0.3, 0.4) is 0 Å². The number of nitrogens with one attached hydrogen (secondary N) is 1. The molecule has 0 atom stereocenters. The van der Waals surface area contributed by atoms with Gasteiger partial charge in [0.2, 0.25) is 0 Å². The summed E-state index contributed by atoms with van der Waals surface area (Å²) in [6.45, 7) is 0.726. The molecule has 0 bridgehead atoms. The lowest BCUT2D eigenvalue weighted by molar-refractivity contribution is 0.0949. The van der Waals surface area contributed by atoms with Gasteiger partial charge >= 0.3 is 0 Å². The Balaban J connectivity index is 1.85. The van der Waals surface area contributed by atoms with Crippen LogP contribution in [0.25, 0.3) is 0 Å². The number of rotatable bonds is 4. The predicted molar refractivity (Wildman–Crippen MR) is 70.2 cm³/mol. The predicted octanol–water partition coefficient (Wildman–Crippen LogP) is 2.84. The molecule has 3 N–H and O–H groups in total. The molecule has 92 valence electrons. The van der Waals surface area contributed by atoms with Crippen LogP contribution < -0.4 is 11.1 Å². The lowest BCUT2D eigenvalue weighted by Gasteiger charge is -2.25. The van der Waals surface area contributed by atoms with Crippen molar-refractivity contribution in [3.63, 3.8) is 0 Å². The fourth-order valence-electron chi connectivity index (χ4n) is 1.98. The maximum atomic E-state index is 11.8. The summed E-state index contributed by atoms with van der Waals surface area (Å²) in [5.74, 6) is 0.687. The maximum absolute atomic E-state index is 11.8. The Labute approximate surface area is 106 Å². The first kappa shape index (κ1) is 12.2. The Morgan fingerprint density at radius 1 is 1.47 bits per heavy atom. The summed E-state index contributed by atoms with van der Waals surface area (Å²) < 4.78 is 0. The zero-order valence-electron chi connectivity index (χ0n) is 9.71. The van der Waals surface area contributed by atoms with Crippen LogP contribution in [-0.2, 0) is 0 Å². The van der Waals surface area contributed by atoms with Gasteiger partial charge < -0.3 is 11.1 Å². The SMILES string of the molecule is Nc1ccc(C(=O)NCCC2CCC2)c(Cl)c1. The van der Waals surface area contributed by atoms with Gasteiger partial charge in [0.05, 0.1) is 10.6 Å². The first-order valence-corrected chi connectivity index (χ1v) is 6.38. The van der Waals surface area contributed by atoms with Gasteiger partial charge in [-0.05, 0) is 30.5 Å². The van der Waals surface area contributed by atoms with Crippen molar-refractivity contribution in [1.82, 2.24) is 5.32 Å². The zero-order valence-corrected chi connectivity index (χ0v) is 10.5. The Hall–Kier alpha value is -1.22. The molecule has 17 heavy (non-hydrogen) atoms. The van der Waals surface area contributed by atoms with Gasteiger partial charge in [0.1, 0.15) is 0 Å². The van der Waals surface area contributed by atoms with Gasteiger partial charge in [0, 0.05) is 12.2 Å². The van der Waals surface area contributed by atoms with Crippen LogP contribution in [0.4, 0.5) is 5.69 Å². The monoisotopic (exact) mass is 252 g/mol. The molecule has 0 spiro atoms. The van der Waals surface area contributed by atoms with E-state index < -0.39 is 0 Å². The summed E-state index contributed by atoms with van der Waals surface area (Å²) in [6.07, 6.45) is 5.01. The Morgan fingerprint density at radius 3 is 2.82 bits per heavy atom. The van der Waals surface area contributed by atoms with E-state index in [-0.39, 0.29) is 5.91 Å². The van der Waals surface area contributed by atoms with Crippen LogP contribution in [0, 0.1) is 5.92 Å². The lowest BCUT2D eigenvalue weighted by Crippen LogP contribution is -2.27. The standard InChI is InChI=1S/C13H17ClN2O/c14-12-8-10(15)4-5-11(12)13(17)16-7-6-9-2-1-3-9/h4-5,8-9H,1-3,6-7,15H2,(H,16,17). The minimum atomic E-state index is -0.116.